The lowest BCUT2D eigenvalue weighted by Crippen LogP contribution is -2.41. The molecule has 0 saturated carbocycles. The summed E-state index contributed by atoms with van der Waals surface area (Å²) in [7, 11) is 3.46. The number of aryl methyl sites for hydroxylation is 1. The zero-order valence-electron chi connectivity index (χ0n) is 19.1. The van der Waals surface area contributed by atoms with Crippen molar-refractivity contribution >= 4 is 46.6 Å². The van der Waals surface area contributed by atoms with E-state index in [2.05, 4.69) is 70.0 Å². The second-order valence-electron chi connectivity index (χ2n) is 7.65. The van der Waals surface area contributed by atoms with Crippen LogP contribution in [0.4, 0.5) is 0 Å². The summed E-state index contributed by atoms with van der Waals surface area (Å²) in [6.07, 6.45) is 2.56. The number of amides is 1. The smallest absolute Gasteiger partial charge is 0.243 e. The molecular weight excluding hydrogens is 517 g/mol. The highest BCUT2D eigenvalue weighted by Crippen LogP contribution is 2.20. The van der Waals surface area contributed by atoms with Crippen molar-refractivity contribution < 1.29 is 4.79 Å². The molecule has 0 aliphatic heterocycles. The maximum absolute atomic E-state index is 12.0. The van der Waals surface area contributed by atoms with Gasteiger partial charge in [-0.05, 0) is 29.3 Å². The standard InChI is InChI=1S/C23H31N7O.HI/c1-5-21-28-26-16-30(21)13-12-24-23(25-15-22(31)29(3)4)27-17(2)19-11-10-18-8-6-7-9-20(18)14-19;/h6-11,14,16-17H,5,12-13,15H2,1-4H3,(H2,24,25,27);1H. The molecule has 2 N–H and O–H groups in total. The fourth-order valence-electron chi connectivity index (χ4n) is 3.24. The SMILES string of the molecule is CCc1nncn1CCNC(=NCC(=O)N(C)C)NC(C)c1ccc2ccccc2c1.I. The Kier molecular flexibility index (Phi) is 9.89. The third kappa shape index (κ3) is 6.91. The van der Waals surface area contributed by atoms with E-state index in [4.69, 9.17) is 0 Å². The van der Waals surface area contributed by atoms with Crippen molar-refractivity contribution in [3.05, 3.63) is 60.2 Å². The zero-order valence-corrected chi connectivity index (χ0v) is 21.4. The van der Waals surface area contributed by atoms with E-state index in [0.29, 0.717) is 19.0 Å². The Morgan fingerprint density at radius 2 is 1.94 bits per heavy atom. The molecule has 0 spiro atoms. The van der Waals surface area contributed by atoms with Crippen LogP contribution in [-0.4, -0.2) is 58.7 Å². The van der Waals surface area contributed by atoms with Crippen LogP contribution in [0.15, 0.2) is 53.8 Å². The fraction of sp³-hybridized carbons (Fsp3) is 0.391. The lowest BCUT2D eigenvalue weighted by molar-refractivity contribution is -0.127. The van der Waals surface area contributed by atoms with Crippen LogP contribution in [0.3, 0.4) is 0 Å². The minimum absolute atomic E-state index is 0. The van der Waals surface area contributed by atoms with Crippen molar-refractivity contribution in [3.63, 3.8) is 0 Å². The molecule has 1 unspecified atom stereocenters. The zero-order chi connectivity index (χ0) is 22.2. The van der Waals surface area contributed by atoms with Crippen LogP contribution < -0.4 is 10.6 Å². The van der Waals surface area contributed by atoms with Gasteiger partial charge in [0.1, 0.15) is 18.7 Å². The lowest BCUT2D eigenvalue weighted by atomic mass is 10.0. The maximum atomic E-state index is 12.0. The van der Waals surface area contributed by atoms with E-state index < -0.39 is 0 Å². The van der Waals surface area contributed by atoms with Gasteiger partial charge in [0.2, 0.25) is 5.91 Å². The van der Waals surface area contributed by atoms with E-state index in [1.54, 1.807) is 25.3 Å². The number of benzene rings is 2. The fourth-order valence-corrected chi connectivity index (χ4v) is 3.24. The molecule has 9 heteroatoms. The number of fused-ring (bicyclic) bond motifs is 1. The monoisotopic (exact) mass is 549 g/mol. The molecule has 0 aliphatic carbocycles. The first-order valence-corrected chi connectivity index (χ1v) is 10.6. The van der Waals surface area contributed by atoms with E-state index in [1.807, 2.05) is 16.7 Å². The molecule has 8 nitrogen and oxygen atoms in total. The van der Waals surface area contributed by atoms with Gasteiger partial charge in [0.05, 0.1) is 6.04 Å². The van der Waals surface area contributed by atoms with Crippen LogP contribution in [0.2, 0.25) is 0 Å². The molecule has 3 aromatic rings. The third-order valence-corrected chi connectivity index (χ3v) is 5.16. The van der Waals surface area contributed by atoms with Crippen molar-refractivity contribution in [1.29, 1.82) is 0 Å². The van der Waals surface area contributed by atoms with E-state index in [0.717, 1.165) is 17.8 Å². The molecule has 1 heterocycles. The van der Waals surface area contributed by atoms with Gasteiger partial charge in [-0.25, -0.2) is 4.99 Å². The first kappa shape index (κ1) is 25.6. The summed E-state index contributed by atoms with van der Waals surface area (Å²) in [5.41, 5.74) is 1.15. The molecule has 172 valence electrons. The lowest BCUT2D eigenvalue weighted by Gasteiger charge is -2.20. The highest BCUT2D eigenvalue weighted by Gasteiger charge is 2.11. The van der Waals surface area contributed by atoms with Gasteiger partial charge >= 0.3 is 0 Å². The van der Waals surface area contributed by atoms with Crippen LogP contribution in [0.25, 0.3) is 10.8 Å². The predicted octanol–water partition coefficient (Wildman–Crippen LogP) is 3.00. The quantitative estimate of drug-likeness (QED) is 0.256. The molecule has 0 saturated heterocycles. The minimum atomic E-state index is -0.0495. The van der Waals surface area contributed by atoms with Crippen LogP contribution in [-0.2, 0) is 17.8 Å². The summed E-state index contributed by atoms with van der Waals surface area (Å²) in [6.45, 7) is 5.57. The molecule has 0 fully saturated rings. The Labute approximate surface area is 206 Å². The van der Waals surface area contributed by atoms with Gasteiger partial charge in [-0.3, -0.25) is 4.79 Å². The molecule has 2 aromatic carbocycles. The van der Waals surface area contributed by atoms with Gasteiger partial charge in [0, 0.05) is 33.6 Å². The average molecular weight is 549 g/mol. The van der Waals surface area contributed by atoms with Crippen LogP contribution >= 0.6 is 24.0 Å². The highest BCUT2D eigenvalue weighted by molar-refractivity contribution is 14.0. The number of carbonyl (C=O) groups excluding carboxylic acids is 1. The first-order chi connectivity index (χ1) is 15.0. The van der Waals surface area contributed by atoms with Gasteiger partial charge in [-0.1, -0.05) is 43.3 Å². The summed E-state index contributed by atoms with van der Waals surface area (Å²) >= 11 is 0. The van der Waals surface area contributed by atoms with Crippen molar-refractivity contribution in [1.82, 2.24) is 30.3 Å². The Hall–Kier alpha value is -2.69. The average Bonchev–Trinajstić information content (AvgIpc) is 3.24. The molecular formula is C23H32IN7O. The molecule has 1 amide bonds. The van der Waals surface area contributed by atoms with E-state index in [9.17, 15) is 4.79 Å². The number of aromatic nitrogens is 3. The van der Waals surface area contributed by atoms with Crippen molar-refractivity contribution in [2.75, 3.05) is 27.2 Å². The predicted molar refractivity (Wildman–Crippen MR) is 139 cm³/mol. The summed E-state index contributed by atoms with van der Waals surface area (Å²) in [4.78, 5) is 18.1. The summed E-state index contributed by atoms with van der Waals surface area (Å²) in [5.74, 6) is 1.49. The maximum Gasteiger partial charge on any atom is 0.243 e. The van der Waals surface area contributed by atoms with Crippen LogP contribution in [0.1, 0.15) is 31.3 Å². The van der Waals surface area contributed by atoms with E-state index in [-0.39, 0.29) is 42.5 Å². The highest BCUT2D eigenvalue weighted by atomic mass is 127. The van der Waals surface area contributed by atoms with Crippen molar-refractivity contribution in [2.24, 2.45) is 4.99 Å². The number of nitrogens with one attached hydrogen (secondary N) is 2. The Morgan fingerprint density at radius 1 is 1.19 bits per heavy atom. The number of hydrogen-bond donors (Lipinski definition) is 2. The van der Waals surface area contributed by atoms with Crippen molar-refractivity contribution in [2.45, 2.75) is 32.9 Å². The van der Waals surface area contributed by atoms with E-state index >= 15 is 0 Å². The largest absolute Gasteiger partial charge is 0.355 e. The van der Waals surface area contributed by atoms with E-state index in [1.165, 1.54) is 10.8 Å². The van der Waals surface area contributed by atoms with Crippen LogP contribution in [0, 0.1) is 0 Å². The second kappa shape index (κ2) is 12.4. The molecule has 32 heavy (non-hydrogen) atoms. The number of guanidine groups is 1. The molecule has 1 aromatic heterocycles. The molecule has 0 bridgehead atoms. The van der Waals surface area contributed by atoms with Crippen molar-refractivity contribution in [3.8, 4) is 0 Å². The number of halogens is 1. The van der Waals surface area contributed by atoms with Gasteiger partial charge in [0.25, 0.3) is 0 Å². The molecule has 0 aliphatic rings. The topological polar surface area (TPSA) is 87.4 Å². The van der Waals surface area contributed by atoms with Gasteiger partial charge < -0.3 is 20.1 Å². The van der Waals surface area contributed by atoms with Gasteiger partial charge in [-0.2, -0.15) is 0 Å². The summed E-state index contributed by atoms with van der Waals surface area (Å²) < 4.78 is 2.02. The molecule has 0 radical (unpaired) electrons. The minimum Gasteiger partial charge on any atom is -0.355 e. The second-order valence-corrected chi connectivity index (χ2v) is 7.65. The molecule has 1 atom stereocenters. The Morgan fingerprint density at radius 3 is 2.66 bits per heavy atom. The number of likely N-dealkylation sites (N-methyl/N-ethyl adjacent to an activating group) is 1. The third-order valence-electron chi connectivity index (χ3n) is 5.16. The van der Waals surface area contributed by atoms with Gasteiger partial charge in [0.15, 0.2) is 5.96 Å². The van der Waals surface area contributed by atoms with Crippen LogP contribution in [0.5, 0.6) is 0 Å². The number of rotatable bonds is 8. The summed E-state index contributed by atoms with van der Waals surface area (Å²) in [5, 5.41) is 17.3. The Bertz CT molecular complexity index is 1050. The number of hydrogen-bond acceptors (Lipinski definition) is 4. The number of carbonyl (C=O) groups is 1. The first-order valence-electron chi connectivity index (χ1n) is 10.6. The van der Waals surface area contributed by atoms with Gasteiger partial charge in [-0.15, -0.1) is 34.2 Å². The number of aliphatic imine (C=N–C) groups is 1. The summed E-state index contributed by atoms with van der Waals surface area (Å²) in [6, 6.07) is 14.7. The Balaban J connectivity index is 0.00000363. The normalized spacial score (nSPS) is 12.2. The molecule has 3 rings (SSSR count). The number of nitrogens with zero attached hydrogens (tertiary/aromatic N) is 5.